The zero-order valence-corrected chi connectivity index (χ0v) is 69.7. The van der Waals surface area contributed by atoms with Gasteiger partial charge in [0, 0.05) is 144 Å². The maximum atomic E-state index is 12.4. The first kappa shape index (κ1) is 81.5. The summed E-state index contributed by atoms with van der Waals surface area (Å²) in [4.78, 5) is 14.4. The van der Waals surface area contributed by atoms with Crippen LogP contribution in [-0.4, -0.2) is 85.0 Å². The average Bonchev–Trinajstić information content (AvgIpc) is 0.735. The van der Waals surface area contributed by atoms with Gasteiger partial charge in [-0.25, -0.2) is 0 Å². The quantitative estimate of drug-likeness (QED) is 0.0326. The molecule has 0 amide bonds. The van der Waals surface area contributed by atoms with Crippen molar-refractivity contribution >= 4 is 56.9 Å². The van der Waals surface area contributed by atoms with Gasteiger partial charge >= 0.3 is 0 Å². The molecular weight excluding hydrogens is 1350 g/mol. The van der Waals surface area contributed by atoms with Crippen LogP contribution in [0.2, 0.25) is 0 Å². The normalized spacial score (nSPS) is 15.1. The third-order valence-electron chi connectivity index (χ3n) is 21.5. The van der Waals surface area contributed by atoms with Gasteiger partial charge in [0.15, 0.2) is 0 Å². The van der Waals surface area contributed by atoms with Crippen LogP contribution >= 0.6 is 0 Å². The summed E-state index contributed by atoms with van der Waals surface area (Å²) >= 11 is 0. The van der Waals surface area contributed by atoms with Crippen molar-refractivity contribution in [2.75, 3.05) is 81.8 Å². The van der Waals surface area contributed by atoms with Gasteiger partial charge in [0.25, 0.3) is 0 Å². The fourth-order valence-electron chi connectivity index (χ4n) is 16.7. The van der Waals surface area contributed by atoms with Crippen LogP contribution in [0.3, 0.4) is 0 Å². The smallest absolute Gasteiger partial charge is 0.121 e. The van der Waals surface area contributed by atoms with E-state index >= 15 is 0 Å². The Morgan fingerprint density at radius 2 is 0.418 bits per heavy atom. The van der Waals surface area contributed by atoms with Gasteiger partial charge in [0.2, 0.25) is 0 Å². The summed E-state index contributed by atoms with van der Waals surface area (Å²) < 4.78 is 0. The topological polar surface area (TPSA) is 100 Å². The summed E-state index contributed by atoms with van der Waals surface area (Å²) in [5.41, 5.74) is 24.8. The number of anilines is 10. The molecule has 580 valence electrons. The SMILES string of the molecule is Cc1cc(N(CC(C)C)CC(C)C)ccc1-c1ccc(N(c2ccc(-c3ccc(N(CC(C)C)CC(C)C)cc3C)cc2)c2ccc(C3C(O)C(c4ccc(N(c5ccc(-c6ccc(N(CC(C)C)CC(C)C)cc6C)cc5)c5ccc(-c6ccc(N(CC(C)C)CC(C)C)cc6C)cc5)cc4O)C3O)c(O)c2)cc1. The Bertz CT molecular complexity index is 4110. The van der Waals surface area contributed by atoms with Crippen LogP contribution in [0.1, 0.15) is 156 Å². The molecule has 0 saturated heterocycles. The predicted octanol–water partition coefficient (Wildman–Crippen LogP) is 25.0. The van der Waals surface area contributed by atoms with E-state index in [1.807, 2.05) is 24.3 Å². The molecular formula is C100H126N6O4. The number of aliphatic hydroxyl groups excluding tert-OH is 2. The Hall–Kier alpha value is -9.48. The number of hydrogen-bond acceptors (Lipinski definition) is 10. The van der Waals surface area contributed by atoms with E-state index in [9.17, 15) is 20.4 Å². The maximum absolute atomic E-state index is 12.4. The molecule has 0 bridgehead atoms. The molecule has 10 aromatic carbocycles. The standard InChI is InChI=1S/C100H126N6O4/c1-63(2)55-101(56-64(3)4)83-37-43-89(71(17)49-83)75-21-29-79(30-22-75)105(80-31-23-76(24-32-80)90-44-38-84(50-72(90)18)102(57-65(5)6)58-66(7)8)87-41-47-93(95(107)53-87)97-99(109)98(100(97)110)94-48-42-88(54-96(94)108)106(81-33-25-77(26-34-81)91-45-39-85(51-73(91)19)103(59-67(9)10)60-68(11)12)82-35-27-78(28-36-82)92-46-40-86(52-74(92)20)104(61-69(13)14)62-70(15)16/h21-54,63-70,97-100,107-110H,55-62H2,1-20H3. The van der Waals surface area contributed by atoms with Crippen molar-refractivity contribution in [2.24, 2.45) is 47.3 Å². The van der Waals surface area contributed by atoms with Crippen molar-refractivity contribution in [2.45, 2.75) is 163 Å². The van der Waals surface area contributed by atoms with E-state index in [4.69, 9.17) is 0 Å². The maximum Gasteiger partial charge on any atom is 0.121 e. The Morgan fingerprint density at radius 3 is 0.591 bits per heavy atom. The molecule has 10 heteroatoms. The summed E-state index contributed by atoms with van der Waals surface area (Å²) in [7, 11) is 0. The highest BCUT2D eigenvalue weighted by Crippen LogP contribution is 2.54. The molecule has 0 radical (unpaired) electrons. The molecule has 0 aromatic heterocycles. The molecule has 0 aliphatic heterocycles. The van der Waals surface area contributed by atoms with E-state index in [-0.39, 0.29) is 11.5 Å². The number of phenols is 2. The van der Waals surface area contributed by atoms with Crippen LogP contribution in [0.25, 0.3) is 44.5 Å². The predicted molar refractivity (Wildman–Crippen MR) is 471 cm³/mol. The summed E-state index contributed by atoms with van der Waals surface area (Å²) in [6, 6.07) is 73.1. The lowest BCUT2D eigenvalue weighted by Crippen LogP contribution is -2.51. The summed E-state index contributed by atoms with van der Waals surface area (Å²) in [5, 5.41) is 49.4. The van der Waals surface area contributed by atoms with Crippen molar-refractivity contribution in [1.29, 1.82) is 0 Å². The van der Waals surface area contributed by atoms with Crippen LogP contribution in [0.4, 0.5) is 56.9 Å². The monoisotopic (exact) mass is 1470 g/mol. The molecule has 11 rings (SSSR count). The first-order valence-corrected chi connectivity index (χ1v) is 40.9. The van der Waals surface area contributed by atoms with E-state index in [1.165, 1.54) is 67.3 Å². The fraction of sp³-hybridized carbons (Fsp3) is 0.400. The molecule has 1 aliphatic carbocycles. The zero-order chi connectivity index (χ0) is 79.1. The van der Waals surface area contributed by atoms with Gasteiger partial charge in [-0.3, -0.25) is 0 Å². The van der Waals surface area contributed by atoms with E-state index in [2.05, 4.69) is 338 Å². The molecule has 0 atom stereocenters. The number of aliphatic hydroxyl groups is 2. The van der Waals surface area contributed by atoms with Crippen molar-refractivity contribution in [3.63, 3.8) is 0 Å². The Labute approximate surface area is 660 Å². The number of benzene rings is 10. The Kier molecular flexibility index (Phi) is 26.4. The molecule has 10 aromatic rings. The second-order valence-corrected chi connectivity index (χ2v) is 35.1. The second-order valence-electron chi connectivity index (χ2n) is 35.1. The summed E-state index contributed by atoms with van der Waals surface area (Å²) in [6.45, 7) is 53.3. The third kappa shape index (κ3) is 19.3. The van der Waals surface area contributed by atoms with Crippen molar-refractivity contribution in [1.82, 2.24) is 0 Å². The first-order chi connectivity index (χ1) is 52.4. The Morgan fingerprint density at radius 1 is 0.236 bits per heavy atom. The van der Waals surface area contributed by atoms with E-state index in [0.717, 1.165) is 97.4 Å². The average molecular weight is 1480 g/mol. The molecule has 0 spiro atoms. The lowest BCUT2D eigenvalue weighted by Gasteiger charge is -2.47. The molecule has 10 nitrogen and oxygen atoms in total. The van der Waals surface area contributed by atoms with Gasteiger partial charge in [-0.2, -0.15) is 0 Å². The molecule has 110 heavy (non-hydrogen) atoms. The van der Waals surface area contributed by atoms with E-state index in [1.54, 1.807) is 12.1 Å². The van der Waals surface area contributed by atoms with Crippen molar-refractivity contribution in [3.05, 3.63) is 240 Å². The summed E-state index contributed by atoms with van der Waals surface area (Å²) in [5.74, 6) is 2.56. The van der Waals surface area contributed by atoms with Gasteiger partial charge in [0.1, 0.15) is 11.5 Å². The molecule has 1 saturated carbocycles. The van der Waals surface area contributed by atoms with Gasteiger partial charge in [-0.05, 0) is 251 Å². The number of rotatable bonds is 32. The van der Waals surface area contributed by atoms with Gasteiger partial charge in [0.05, 0.1) is 12.2 Å². The van der Waals surface area contributed by atoms with Gasteiger partial charge in [-0.1, -0.05) is 196 Å². The lowest BCUT2D eigenvalue weighted by molar-refractivity contribution is -0.0797. The number of hydrogen-bond donors (Lipinski definition) is 4. The lowest BCUT2D eigenvalue weighted by atomic mass is 9.63. The molecule has 4 N–H and O–H groups in total. The third-order valence-corrected chi connectivity index (χ3v) is 21.5. The second kappa shape index (κ2) is 35.7. The van der Waals surface area contributed by atoms with Gasteiger partial charge < -0.3 is 49.8 Å². The minimum atomic E-state index is -1.13. The van der Waals surface area contributed by atoms with Crippen LogP contribution in [-0.2, 0) is 0 Å². The molecule has 1 fully saturated rings. The highest BCUT2D eigenvalue weighted by molar-refractivity contribution is 5.85. The minimum absolute atomic E-state index is 0.0434. The van der Waals surface area contributed by atoms with Crippen LogP contribution < -0.4 is 29.4 Å². The van der Waals surface area contributed by atoms with E-state index < -0.39 is 24.0 Å². The zero-order valence-electron chi connectivity index (χ0n) is 69.7. The number of aromatic hydroxyl groups is 2. The minimum Gasteiger partial charge on any atom is -0.508 e. The molecule has 1 aliphatic rings. The molecule has 0 heterocycles. The number of aryl methyl sites for hydroxylation is 4. The highest BCUT2D eigenvalue weighted by Gasteiger charge is 2.52. The van der Waals surface area contributed by atoms with Gasteiger partial charge in [-0.15, -0.1) is 0 Å². The Balaban J connectivity index is 0.894. The number of phenolic OH excluding ortho intramolecular Hbond substituents is 2. The van der Waals surface area contributed by atoms with E-state index in [0.29, 0.717) is 69.8 Å². The van der Waals surface area contributed by atoms with Crippen molar-refractivity contribution in [3.8, 4) is 56.0 Å². The fourth-order valence-corrected chi connectivity index (χ4v) is 16.7. The van der Waals surface area contributed by atoms with Crippen molar-refractivity contribution < 1.29 is 20.4 Å². The summed E-state index contributed by atoms with van der Waals surface area (Å²) in [6.07, 6.45) is -2.25. The van der Waals surface area contributed by atoms with Crippen LogP contribution in [0.15, 0.2) is 206 Å². The van der Waals surface area contributed by atoms with Crippen LogP contribution in [0, 0.1) is 75.0 Å². The highest BCUT2D eigenvalue weighted by atomic mass is 16.3. The molecule has 0 unspecified atom stereocenters. The van der Waals surface area contributed by atoms with Crippen LogP contribution in [0.5, 0.6) is 11.5 Å². The number of nitrogens with zero attached hydrogens (tertiary/aromatic N) is 6. The first-order valence-electron chi connectivity index (χ1n) is 40.9. The largest absolute Gasteiger partial charge is 0.508 e.